The molecule has 1 fully saturated rings. The second kappa shape index (κ2) is 6.48. The lowest BCUT2D eigenvalue weighted by atomic mass is 9.88. The van der Waals surface area contributed by atoms with Gasteiger partial charge in [0.15, 0.2) is 6.29 Å². The first-order chi connectivity index (χ1) is 10.9. The second-order valence-corrected chi connectivity index (χ2v) is 6.17. The fraction of sp³-hybridized carbons (Fsp3) is 0.733. The van der Waals surface area contributed by atoms with Crippen molar-refractivity contribution in [1.29, 1.82) is 0 Å². The van der Waals surface area contributed by atoms with Crippen LogP contribution in [0.4, 0.5) is 0 Å². The van der Waals surface area contributed by atoms with Crippen molar-refractivity contribution in [2.24, 2.45) is 11.8 Å². The van der Waals surface area contributed by atoms with Gasteiger partial charge >= 0.3 is 0 Å². The van der Waals surface area contributed by atoms with E-state index >= 15 is 0 Å². The van der Waals surface area contributed by atoms with E-state index in [1.807, 2.05) is 6.92 Å². The van der Waals surface area contributed by atoms with Crippen molar-refractivity contribution < 1.29 is 39.7 Å². The van der Waals surface area contributed by atoms with Gasteiger partial charge in [-0.1, -0.05) is 11.6 Å². The lowest BCUT2D eigenvalue weighted by Gasteiger charge is -2.42. The Balaban J connectivity index is 1.73. The van der Waals surface area contributed by atoms with Crippen molar-refractivity contribution in [2.75, 3.05) is 6.61 Å². The Hall–Kier alpha value is -1.00. The molecule has 0 bridgehead atoms. The molecular formula is C15H22O8. The number of rotatable bonds is 3. The van der Waals surface area contributed by atoms with E-state index < -0.39 is 49.7 Å². The summed E-state index contributed by atoms with van der Waals surface area (Å²) in [4.78, 5) is 0. The predicted molar refractivity (Wildman–Crippen MR) is 75.6 cm³/mol. The molecule has 0 aromatic rings. The summed E-state index contributed by atoms with van der Waals surface area (Å²) in [6.45, 7) is 1.32. The van der Waals surface area contributed by atoms with Crippen LogP contribution in [0.15, 0.2) is 24.0 Å². The number of fused-ring (bicyclic) bond motifs is 1. The average Bonchev–Trinajstić information content (AvgIpc) is 2.83. The van der Waals surface area contributed by atoms with Gasteiger partial charge in [0.05, 0.1) is 24.9 Å². The molecule has 0 radical (unpaired) electrons. The van der Waals surface area contributed by atoms with Gasteiger partial charge in [-0.15, -0.1) is 0 Å². The summed E-state index contributed by atoms with van der Waals surface area (Å²) in [5.41, 5.74) is 0.890. The Labute approximate surface area is 133 Å². The fourth-order valence-electron chi connectivity index (χ4n) is 3.36. The highest BCUT2D eigenvalue weighted by Gasteiger charge is 2.48. The van der Waals surface area contributed by atoms with Crippen molar-refractivity contribution in [3.05, 3.63) is 24.0 Å². The van der Waals surface area contributed by atoms with Crippen LogP contribution in [0.2, 0.25) is 0 Å². The van der Waals surface area contributed by atoms with Crippen LogP contribution >= 0.6 is 0 Å². The minimum absolute atomic E-state index is 0.196. The third-order valence-electron chi connectivity index (χ3n) is 4.69. The zero-order chi connectivity index (χ0) is 16.7. The Morgan fingerprint density at radius 2 is 1.83 bits per heavy atom. The van der Waals surface area contributed by atoms with Gasteiger partial charge in [-0.05, 0) is 13.0 Å². The quantitative estimate of drug-likeness (QED) is 0.384. The van der Waals surface area contributed by atoms with E-state index in [1.165, 1.54) is 6.26 Å². The molecule has 5 N–H and O–H groups in total. The van der Waals surface area contributed by atoms with Gasteiger partial charge in [0.2, 0.25) is 6.29 Å². The number of hydrogen-bond acceptors (Lipinski definition) is 8. The molecule has 2 heterocycles. The summed E-state index contributed by atoms with van der Waals surface area (Å²) in [5, 5.41) is 48.8. The minimum atomic E-state index is -1.51. The summed E-state index contributed by atoms with van der Waals surface area (Å²) in [7, 11) is 0. The smallest absolute Gasteiger partial charge is 0.208 e. The molecule has 23 heavy (non-hydrogen) atoms. The van der Waals surface area contributed by atoms with Gasteiger partial charge in [0.1, 0.15) is 24.4 Å². The van der Waals surface area contributed by atoms with Crippen molar-refractivity contribution in [3.8, 4) is 0 Å². The molecule has 0 aromatic heterocycles. The van der Waals surface area contributed by atoms with E-state index in [9.17, 15) is 25.5 Å². The molecule has 8 heteroatoms. The summed E-state index contributed by atoms with van der Waals surface area (Å²) < 4.78 is 16.4. The number of hydrogen-bond donors (Lipinski definition) is 5. The topological polar surface area (TPSA) is 129 Å². The molecule has 1 aliphatic carbocycles. The predicted octanol–water partition coefficient (Wildman–Crippen LogP) is -1.77. The summed E-state index contributed by atoms with van der Waals surface area (Å²) in [5.74, 6) is -0.444. The maximum Gasteiger partial charge on any atom is 0.208 e. The maximum atomic E-state index is 10.0. The van der Waals surface area contributed by atoms with E-state index in [-0.39, 0.29) is 11.8 Å². The fourth-order valence-corrected chi connectivity index (χ4v) is 3.36. The van der Waals surface area contributed by atoms with Crippen molar-refractivity contribution in [1.82, 2.24) is 0 Å². The normalized spacial score (nSPS) is 49.5. The molecular weight excluding hydrogens is 308 g/mol. The van der Waals surface area contributed by atoms with Crippen LogP contribution < -0.4 is 0 Å². The Morgan fingerprint density at radius 3 is 2.52 bits per heavy atom. The van der Waals surface area contributed by atoms with Crippen LogP contribution in [0, 0.1) is 11.8 Å². The molecule has 0 saturated carbocycles. The monoisotopic (exact) mass is 330 g/mol. The molecule has 0 aromatic carbocycles. The third kappa shape index (κ3) is 2.91. The van der Waals surface area contributed by atoms with Crippen LogP contribution in [0.1, 0.15) is 6.92 Å². The summed E-state index contributed by atoms with van der Waals surface area (Å²) in [6.07, 6.45) is -3.32. The SMILES string of the molecule is CC1=C[C@@H](O)[C@@H]2C=CO[C@@H](O[C@@H]3O[C@H](CO)[C@@H](O)[C@H](O)[C@H]3O)[C@H]12. The summed E-state index contributed by atoms with van der Waals surface area (Å²) in [6, 6.07) is 0. The van der Waals surface area contributed by atoms with Gasteiger partial charge in [0, 0.05) is 5.92 Å². The Bertz CT molecular complexity index is 490. The van der Waals surface area contributed by atoms with E-state index in [2.05, 4.69) is 0 Å². The molecule has 0 spiro atoms. The highest BCUT2D eigenvalue weighted by molar-refractivity contribution is 5.23. The Kier molecular flexibility index (Phi) is 4.75. The largest absolute Gasteiger partial charge is 0.472 e. The number of ether oxygens (including phenoxy) is 3. The van der Waals surface area contributed by atoms with Crippen molar-refractivity contribution in [2.45, 2.75) is 50.0 Å². The first kappa shape index (κ1) is 16.8. The van der Waals surface area contributed by atoms with Crippen LogP contribution in [0.25, 0.3) is 0 Å². The lowest BCUT2D eigenvalue weighted by Crippen LogP contribution is -2.60. The zero-order valence-corrected chi connectivity index (χ0v) is 12.6. The molecule has 8 nitrogen and oxygen atoms in total. The van der Waals surface area contributed by atoms with E-state index in [0.717, 1.165) is 5.57 Å². The van der Waals surface area contributed by atoms with E-state index in [0.29, 0.717) is 0 Å². The highest BCUT2D eigenvalue weighted by Crippen LogP contribution is 2.40. The molecule has 3 aliphatic rings. The lowest BCUT2D eigenvalue weighted by molar-refractivity contribution is -0.339. The number of aliphatic hydroxyl groups is 5. The molecule has 9 atom stereocenters. The van der Waals surface area contributed by atoms with E-state index in [1.54, 1.807) is 12.2 Å². The first-order valence-corrected chi connectivity index (χ1v) is 7.58. The Morgan fingerprint density at radius 1 is 1.09 bits per heavy atom. The van der Waals surface area contributed by atoms with Crippen LogP contribution in [0.5, 0.6) is 0 Å². The maximum absolute atomic E-state index is 10.0. The van der Waals surface area contributed by atoms with Crippen LogP contribution in [-0.4, -0.2) is 75.2 Å². The molecule has 1 saturated heterocycles. The third-order valence-corrected chi connectivity index (χ3v) is 4.69. The van der Waals surface area contributed by atoms with Gasteiger partial charge in [-0.2, -0.15) is 0 Å². The van der Waals surface area contributed by atoms with Gasteiger partial charge in [0.25, 0.3) is 0 Å². The number of aliphatic hydroxyl groups excluding tert-OH is 5. The van der Waals surface area contributed by atoms with Gasteiger partial charge < -0.3 is 39.7 Å². The zero-order valence-electron chi connectivity index (χ0n) is 12.6. The molecule has 2 aliphatic heterocycles. The standard InChI is InChI=1S/C15H22O8/c1-6-4-8(17)7-2-3-21-14(10(6)7)23-15-13(20)12(19)11(18)9(5-16)22-15/h2-4,7-20H,5H2,1H3/t7-,8+,9+,10+,11+,12-,13+,14-,15-/m0/s1. The van der Waals surface area contributed by atoms with Crippen LogP contribution in [0.3, 0.4) is 0 Å². The highest BCUT2D eigenvalue weighted by atomic mass is 16.8. The average molecular weight is 330 g/mol. The van der Waals surface area contributed by atoms with Gasteiger partial charge in [-0.3, -0.25) is 0 Å². The van der Waals surface area contributed by atoms with Crippen LogP contribution in [-0.2, 0) is 14.2 Å². The van der Waals surface area contributed by atoms with E-state index in [4.69, 9.17) is 14.2 Å². The molecule has 130 valence electrons. The summed E-state index contributed by atoms with van der Waals surface area (Å²) >= 11 is 0. The molecule has 3 rings (SSSR count). The second-order valence-electron chi connectivity index (χ2n) is 6.17. The first-order valence-electron chi connectivity index (χ1n) is 7.58. The molecule has 0 unspecified atom stereocenters. The van der Waals surface area contributed by atoms with Gasteiger partial charge in [-0.25, -0.2) is 0 Å². The van der Waals surface area contributed by atoms with Crippen molar-refractivity contribution >= 4 is 0 Å². The minimum Gasteiger partial charge on any atom is -0.472 e. The molecule has 0 amide bonds. The van der Waals surface area contributed by atoms with Crippen molar-refractivity contribution in [3.63, 3.8) is 0 Å².